The van der Waals surface area contributed by atoms with E-state index in [-0.39, 0.29) is 5.69 Å². The number of amides is 1. The largest absolute Gasteiger partial charge is 0.573 e. The number of thiazole rings is 1. The van der Waals surface area contributed by atoms with E-state index in [4.69, 9.17) is 0 Å². The lowest BCUT2D eigenvalue weighted by Crippen LogP contribution is -2.17. The first-order valence-electron chi connectivity index (χ1n) is 8.74. The normalized spacial score (nSPS) is 11.2. The Hall–Kier alpha value is -3.07. The van der Waals surface area contributed by atoms with Gasteiger partial charge >= 0.3 is 6.36 Å². The number of rotatable bonds is 6. The van der Waals surface area contributed by atoms with Crippen molar-refractivity contribution in [1.29, 1.82) is 0 Å². The number of nitrogens with one attached hydrogen (secondary N) is 2. The molecule has 1 aromatic heterocycles. The van der Waals surface area contributed by atoms with E-state index in [0.29, 0.717) is 15.7 Å². The summed E-state index contributed by atoms with van der Waals surface area (Å²) in [5, 5.41) is 6.36. The summed E-state index contributed by atoms with van der Waals surface area (Å²) in [7, 11) is 0. The van der Waals surface area contributed by atoms with Crippen molar-refractivity contribution in [1.82, 2.24) is 4.98 Å². The Balaban J connectivity index is 1.75. The van der Waals surface area contributed by atoms with Crippen LogP contribution in [0.3, 0.4) is 0 Å². The lowest BCUT2D eigenvalue weighted by Gasteiger charge is -2.10. The van der Waals surface area contributed by atoms with Crippen molar-refractivity contribution >= 4 is 33.8 Å². The molecule has 0 spiro atoms. The highest BCUT2D eigenvalue weighted by Gasteiger charge is 2.31. The Morgan fingerprint density at radius 2 is 1.93 bits per heavy atom. The second-order valence-corrected chi connectivity index (χ2v) is 7.10. The minimum atomic E-state index is -4.80. The van der Waals surface area contributed by atoms with Gasteiger partial charge in [0.05, 0.1) is 5.69 Å². The minimum absolute atomic E-state index is 0.190. The van der Waals surface area contributed by atoms with Crippen LogP contribution in [-0.4, -0.2) is 17.3 Å². The highest BCUT2D eigenvalue weighted by molar-refractivity contribution is 7.17. The van der Waals surface area contributed by atoms with Crippen LogP contribution in [0.15, 0.2) is 48.5 Å². The Kier molecular flexibility index (Phi) is 6.07. The van der Waals surface area contributed by atoms with Crippen LogP contribution in [0.5, 0.6) is 5.75 Å². The zero-order valence-electron chi connectivity index (χ0n) is 15.6. The fraction of sp³-hybridized carbons (Fsp3) is 0.200. The number of aromatic nitrogens is 1. The lowest BCUT2D eigenvalue weighted by atomic mass is 10.1. The number of aryl methyl sites for hydroxylation is 2. The zero-order valence-corrected chi connectivity index (χ0v) is 16.4. The molecule has 0 saturated heterocycles. The van der Waals surface area contributed by atoms with Crippen molar-refractivity contribution in [3.05, 3.63) is 64.7 Å². The molecule has 152 valence electrons. The number of halogens is 3. The van der Waals surface area contributed by atoms with Crippen molar-refractivity contribution in [2.75, 3.05) is 10.6 Å². The number of carbonyl (C=O) groups excluding carboxylic acids is 1. The van der Waals surface area contributed by atoms with E-state index in [1.807, 2.05) is 31.2 Å². The monoisotopic (exact) mass is 421 g/mol. The predicted octanol–water partition coefficient (Wildman–Crippen LogP) is 5.91. The van der Waals surface area contributed by atoms with Gasteiger partial charge in [-0.3, -0.25) is 4.79 Å². The first-order chi connectivity index (χ1) is 13.7. The highest BCUT2D eigenvalue weighted by Crippen LogP contribution is 2.29. The Morgan fingerprint density at radius 1 is 1.17 bits per heavy atom. The molecule has 0 atom stereocenters. The van der Waals surface area contributed by atoms with Crippen molar-refractivity contribution in [2.45, 2.75) is 26.6 Å². The van der Waals surface area contributed by atoms with Crippen LogP contribution in [0, 0.1) is 6.92 Å². The Bertz CT molecular complexity index is 1020. The smallest absolute Gasteiger partial charge is 0.406 e. The zero-order chi connectivity index (χ0) is 21.0. The maximum atomic E-state index is 12.6. The molecule has 1 heterocycles. The maximum absolute atomic E-state index is 12.6. The van der Waals surface area contributed by atoms with E-state index < -0.39 is 18.0 Å². The van der Waals surface area contributed by atoms with Crippen molar-refractivity contribution in [3.63, 3.8) is 0 Å². The first kappa shape index (κ1) is 20.7. The summed E-state index contributed by atoms with van der Waals surface area (Å²) in [5.41, 5.74) is 2.74. The molecule has 0 aliphatic rings. The summed E-state index contributed by atoms with van der Waals surface area (Å²) in [6, 6.07) is 12.9. The third-order valence-electron chi connectivity index (χ3n) is 3.97. The molecule has 0 aliphatic heterocycles. The summed E-state index contributed by atoms with van der Waals surface area (Å²) < 4.78 is 41.0. The maximum Gasteiger partial charge on any atom is 0.573 e. The Morgan fingerprint density at radius 3 is 2.66 bits per heavy atom. The van der Waals surface area contributed by atoms with Gasteiger partial charge in [-0.25, -0.2) is 4.98 Å². The first-order valence-corrected chi connectivity index (χ1v) is 9.56. The quantitative estimate of drug-likeness (QED) is 0.520. The van der Waals surface area contributed by atoms with Crippen LogP contribution in [0.2, 0.25) is 0 Å². The summed E-state index contributed by atoms with van der Waals surface area (Å²) in [6.45, 7) is 3.74. The molecule has 9 heteroatoms. The van der Waals surface area contributed by atoms with Crippen LogP contribution in [-0.2, 0) is 6.42 Å². The molecule has 0 aliphatic carbocycles. The fourth-order valence-electron chi connectivity index (χ4n) is 2.69. The second-order valence-electron chi connectivity index (χ2n) is 6.10. The number of para-hydroxylation sites is 1. The van der Waals surface area contributed by atoms with Crippen LogP contribution in [0.25, 0.3) is 0 Å². The SMILES string of the molecule is CCc1ccccc1Nc1nc(C)c(C(=O)Nc2cccc(OC(F)(F)F)c2)s1. The van der Waals surface area contributed by atoms with Gasteiger partial charge in [0.1, 0.15) is 10.6 Å². The molecular formula is C20H18F3N3O2S. The summed E-state index contributed by atoms with van der Waals surface area (Å²) in [6.07, 6.45) is -3.95. The highest BCUT2D eigenvalue weighted by atomic mass is 32.1. The molecule has 1 amide bonds. The lowest BCUT2D eigenvalue weighted by molar-refractivity contribution is -0.274. The summed E-state index contributed by atoms with van der Waals surface area (Å²) >= 11 is 1.17. The van der Waals surface area contributed by atoms with Crippen LogP contribution < -0.4 is 15.4 Å². The average Bonchev–Trinajstić information content (AvgIpc) is 3.01. The fourth-order valence-corrected chi connectivity index (χ4v) is 3.56. The molecular weight excluding hydrogens is 403 g/mol. The Labute approximate surface area is 169 Å². The number of benzene rings is 2. The van der Waals surface area contributed by atoms with Gasteiger partial charge in [0.15, 0.2) is 5.13 Å². The van der Waals surface area contributed by atoms with Crippen LogP contribution in [0.4, 0.5) is 29.7 Å². The number of hydrogen-bond acceptors (Lipinski definition) is 5. The summed E-state index contributed by atoms with van der Waals surface area (Å²) in [4.78, 5) is 17.3. The molecule has 0 unspecified atom stereocenters. The van der Waals surface area contributed by atoms with Crippen molar-refractivity contribution in [2.24, 2.45) is 0 Å². The van der Waals surface area contributed by atoms with Gasteiger partial charge < -0.3 is 15.4 Å². The number of nitrogens with zero attached hydrogens (tertiary/aromatic N) is 1. The third-order valence-corrected chi connectivity index (χ3v) is 5.04. The molecule has 5 nitrogen and oxygen atoms in total. The molecule has 2 aromatic carbocycles. The van der Waals surface area contributed by atoms with Gasteiger partial charge in [-0.05, 0) is 37.1 Å². The van der Waals surface area contributed by atoms with E-state index >= 15 is 0 Å². The molecule has 3 aromatic rings. The third kappa shape index (κ3) is 5.47. The second kappa shape index (κ2) is 8.52. The number of hydrogen-bond donors (Lipinski definition) is 2. The summed E-state index contributed by atoms with van der Waals surface area (Å²) in [5.74, 6) is -0.865. The minimum Gasteiger partial charge on any atom is -0.406 e. The van der Waals surface area contributed by atoms with Gasteiger partial charge in [0.2, 0.25) is 0 Å². The molecule has 0 radical (unpaired) electrons. The molecule has 29 heavy (non-hydrogen) atoms. The van der Waals surface area contributed by atoms with Crippen molar-refractivity contribution < 1.29 is 22.7 Å². The van der Waals surface area contributed by atoms with E-state index in [0.717, 1.165) is 29.8 Å². The number of alkyl halides is 3. The van der Waals surface area contributed by atoms with Crippen LogP contribution in [0.1, 0.15) is 27.9 Å². The number of ether oxygens (including phenoxy) is 1. The van der Waals surface area contributed by atoms with Gasteiger partial charge in [0, 0.05) is 17.4 Å². The van der Waals surface area contributed by atoms with Crippen LogP contribution >= 0.6 is 11.3 Å². The van der Waals surface area contributed by atoms with Gasteiger partial charge in [-0.1, -0.05) is 42.5 Å². The number of anilines is 3. The van der Waals surface area contributed by atoms with E-state index in [1.54, 1.807) is 6.92 Å². The van der Waals surface area contributed by atoms with Gasteiger partial charge in [0.25, 0.3) is 5.91 Å². The van der Waals surface area contributed by atoms with Gasteiger partial charge in [-0.15, -0.1) is 13.2 Å². The molecule has 3 rings (SSSR count). The average molecular weight is 421 g/mol. The standard InChI is InChI=1S/C20H18F3N3O2S/c1-3-13-7-4-5-10-16(13)26-19-24-12(2)17(29-19)18(27)25-14-8-6-9-15(11-14)28-20(21,22)23/h4-11H,3H2,1-2H3,(H,24,26)(H,25,27). The molecule has 0 saturated carbocycles. The van der Waals surface area contributed by atoms with Gasteiger partial charge in [-0.2, -0.15) is 0 Å². The molecule has 2 N–H and O–H groups in total. The van der Waals surface area contributed by atoms with E-state index in [2.05, 4.69) is 20.4 Å². The molecule has 0 fully saturated rings. The van der Waals surface area contributed by atoms with Crippen molar-refractivity contribution in [3.8, 4) is 5.75 Å². The molecule has 0 bridgehead atoms. The van der Waals surface area contributed by atoms with E-state index in [1.165, 1.54) is 23.5 Å². The predicted molar refractivity (Wildman–Crippen MR) is 107 cm³/mol. The topological polar surface area (TPSA) is 63.2 Å². The van der Waals surface area contributed by atoms with E-state index in [9.17, 15) is 18.0 Å². The number of carbonyl (C=O) groups is 1.